The number of hydrogen-bond donors (Lipinski definition) is 2. The molecule has 2 rings (SSSR count). The molecule has 2 amide bonds. The third-order valence-corrected chi connectivity index (χ3v) is 5.09. The minimum atomic E-state index is -0.676. The number of likely N-dealkylation sites (tertiary alicyclic amines) is 1. The maximum absolute atomic E-state index is 12.2. The molecule has 0 spiro atoms. The van der Waals surface area contributed by atoms with Crippen LogP contribution in [0, 0.1) is 6.92 Å². The van der Waals surface area contributed by atoms with Crippen LogP contribution in [0.25, 0.3) is 0 Å². The topological polar surface area (TPSA) is 78.1 Å². The van der Waals surface area contributed by atoms with Gasteiger partial charge in [-0.1, -0.05) is 0 Å². The van der Waals surface area contributed by atoms with Crippen molar-refractivity contribution in [3.63, 3.8) is 0 Å². The first-order valence-corrected chi connectivity index (χ1v) is 8.84. The van der Waals surface area contributed by atoms with Crippen LogP contribution in [0.4, 0.5) is 4.79 Å². The zero-order chi connectivity index (χ0) is 13.8. The van der Waals surface area contributed by atoms with E-state index in [1.807, 2.05) is 18.0 Å². The number of H-pyrrole nitrogens is 1. The van der Waals surface area contributed by atoms with Crippen LogP contribution < -0.4 is 26.5 Å². The van der Waals surface area contributed by atoms with E-state index in [1.54, 1.807) is 0 Å². The average molecular weight is 377 g/mol. The predicted molar refractivity (Wildman–Crippen MR) is 66.1 cm³/mol. The van der Waals surface area contributed by atoms with Crippen molar-refractivity contribution >= 4 is 9.82 Å². The van der Waals surface area contributed by atoms with E-state index < -0.39 is 21.2 Å². The molecule has 1 fully saturated rings. The van der Waals surface area contributed by atoms with Gasteiger partial charge in [0.15, 0.2) is 0 Å². The fraction of sp³-hybridized carbons (Fsp3) is 0.583. The number of carbonyl (C=O) groups is 2. The number of aromatic amines is 1. The summed E-state index contributed by atoms with van der Waals surface area (Å²) in [5.74, 6) is 0.803. The van der Waals surface area contributed by atoms with Crippen LogP contribution >= 0.6 is 0 Å². The van der Waals surface area contributed by atoms with Crippen LogP contribution in [0.5, 0.6) is 0 Å². The predicted octanol–water partition coefficient (Wildman–Crippen LogP) is -1.84. The van der Waals surface area contributed by atoms with Crippen molar-refractivity contribution in [3.8, 4) is 0 Å². The molecule has 1 aliphatic heterocycles. The van der Waals surface area contributed by atoms with Crippen LogP contribution in [0.1, 0.15) is 37.3 Å². The summed E-state index contributed by atoms with van der Waals surface area (Å²) in [6.07, 6.45) is 3.83. The van der Waals surface area contributed by atoms with Crippen molar-refractivity contribution in [2.45, 2.75) is 32.7 Å². The Morgan fingerprint density at radius 2 is 2.42 bits per heavy atom. The van der Waals surface area contributed by atoms with Gasteiger partial charge in [-0.25, -0.2) is 0 Å². The number of carbonyl (C=O) groups excluding carboxylic acids is 2. The van der Waals surface area contributed by atoms with Gasteiger partial charge in [-0.15, -0.1) is 0 Å². The van der Waals surface area contributed by atoms with Crippen LogP contribution in [0.3, 0.4) is 0 Å². The summed E-state index contributed by atoms with van der Waals surface area (Å²) >= 11 is -0.676. The van der Waals surface area contributed by atoms with Gasteiger partial charge in [-0.05, 0) is 0 Å². The van der Waals surface area contributed by atoms with Crippen molar-refractivity contribution in [1.29, 1.82) is 0 Å². The molecule has 2 N–H and O–H groups in total. The molecule has 1 unspecified atom stereocenters. The molecule has 7 heteroatoms. The molecule has 1 atom stereocenters. The first-order chi connectivity index (χ1) is 9.08. The Balaban J connectivity index is 1.94. The monoisotopic (exact) mass is 377 g/mol. The molecule has 0 aromatic carbocycles. The Morgan fingerprint density at radius 3 is 3.05 bits per heavy atom. The Labute approximate surface area is 122 Å². The number of rotatable bonds is 4. The first kappa shape index (κ1) is 14.3. The Hall–Kier alpha value is -1.12. The van der Waals surface area contributed by atoms with Crippen molar-refractivity contribution in [2.75, 3.05) is 11.1 Å². The second kappa shape index (κ2) is 6.36. The van der Waals surface area contributed by atoms with Gasteiger partial charge >= 0.3 is 122 Å². The van der Waals surface area contributed by atoms with Gasteiger partial charge in [-0.2, -0.15) is 0 Å². The summed E-state index contributed by atoms with van der Waals surface area (Å²) in [5, 5.41) is 2.70. The summed E-state index contributed by atoms with van der Waals surface area (Å²) in [7, 11) is 0. The number of halogens is 1. The van der Waals surface area contributed by atoms with E-state index in [0.717, 1.165) is 30.9 Å². The summed E-state index contributed by atoms with van der Waals surface area (Å²) in [4.78, 5) is 32.4. The number of nitrogens with one attached hydrogen (secondary N) is 2. The number of alkyl halides is 1. The molecule has 1 aliphatic rings. The molecule has 1 saturated heterocycles. The van der Waals surface area contributed by atoms with E-state index in [0.29, 0.717) is 4.55 Å². The standard InChI is InChI=1S/C12H18IN4O2/c1-8-14-6-10(16-8)11-4-3-5-17(11)12(19)13-7-15-9(2)18/h6,11H,3-5,7H2,1-2H3,(H,14,16)(H,15,18)/q-1. The fourth-order valence-electron chi connectivity index (χ4n) is 2.17. The van der Waals surface area contributed by atoms with Gasteiger partial charge in [0, 0.05) is 0 Å². The van der Waals surface area contributed by atoms with Crippen molar-refractivity contribution in [2.24, 2.45) is 0 Å². The fourth-order valence-corrected chi connectivity index (χ4v) is 4.24. The maximum atomic E-state index is 12.2. The number of aromatic nitrogens is 2. The minimum absolute atomic E-state index is 0.0744. The quantitative estimate of drug-likeness (QED) is 0.280. The molecule has 0 aliphatic carbocycles. The second-order valence-electron chi connectivity index (χ2n) is 4.53. The number of aryl methyl sites for hydroxylation is 1. The molecule has 1 aromatic rings. The van der Waals surface area contributed by atoms with Crippen molar-refractivity contribution < 1.29 is 30.8 Å². The third-order valence-electron chi connectivity index (χ3n) is 3.06. The summed E-state index contributed by atoms with van der Waals surface area (Å²) in [5.41, 5.74) is 1.02. The van der Waals surface area contributed by atoms with Gasteiger partial charge in [0.1, 0.15) is 0 Å². The van der Waals surface area contributed by atoms with Crippen molar-refractivity contribution in [3.05, 3.63) is 17.7 Å². The SMILES string of the molecule is CC(=O)NC[I-]C(=O)N1CCCC1c1cnc(C)[nH]1. The molecule has 0 saturated carbocycles. The normalized spacial score (nSPS) is 18.8. The van der Waals surface area contributed by atoms with E-state index in [2.05, 4.69) is 15.3 Å². The molecule has 6 nitrogen and oxygen atoms in total. The molecule has 19 heavy (non-hydrogen) atoms. The van der Waals surface area contributed by atoms with E-state index in [1.165, 1.54) is 6.92 Å². The van der Waals surface area contributed by atoms with Gasteiger partial charge in [0.25, 0.3) is 0 Å². The van der Waals surface area contributed by atoms with Crippen LogP contribution in [0.15, 0.2) is 6.20 Å². The van der Waals surface area contributed by atoms with Crippen LogP contribution in [-0.4, -0.2) is 35.8 Å². The Bertz CT molecular complexity index is 474. The van der Waals surface area contributed by atoms with Gasteiger partial charge in [0.2, 0.25) is 0 Å². The van der Waals surface area contributed by atoms with E-state index in [4.69, 9.17) is 0 Å². The molecule has 0 radical (unpaired) electrons. The molecule has 1 aromatic heterocycles. The van der Waals surface area contributed by atoms with Gasteiger partial charge in [-0.3, -0.25) is 0 Å². The Kier molecular flexibility index (Phi) is 4.78. The molecular formula is C12H18IN4O2-. The molecule has 106 valence electrons. The molecular weight excluding hydrogens is 359 g/mol. The summed E-state index contributed by atoms with van der Waals surface area (Å²) < 4.78 is 0.709. The number of amides is 2. The average Bonchev–Trinajstić information content (AvgIpc) is 2.96. The second-order valence-corrected chi connectivity index (χ2v) is 6.98. The number of nitrogens with zero attached hydrogens (tertiary/aromatic N) is 2. The number of hydrogen-bond acceptors (Lipinski definition) is 3. The molecule has 0 bridgehead atoms. The molecule has 2 heterocycles. The van der Waals surface area contributed by atoms with E-state index in [-0.39, 0.29) is 15.9 Å². The van der Waals surface area contributed by atoms with Crippen LogP contribution in [0.2, 0.25) is 0 Å². The zero-order valence-electron chi connectivity index (χ0n) is 11.1. The number of imidazole rings is 1. The van der Waals surface area contributed by atoms with Gasteiger partial charge < -0.3 is 0 Å². The first-order valence-electron chi connectivity index (χ1n) is 6.23. The van der Waals surface area contributed by atoms with Gasteiger partial charge in [0.05, 0.1) is 0 Å². The Morgan fingerprint density at radius 1 is 1.63 bits per heavy atom. The summed E-state index contributed by atoms with van der Waals surface area (Å²) in [6, 6.07) is 0.130. The third kappa shape index (κ3) is 3.68. The summed E-state index contributed by atoms with van der Waals surface area (Å²) in [6.45, 7) is 4.19. The van der Waals surface area contributed by atoms with Crippen LogP contribution in [-0.2, 0) is 4.79 Å². The van der Waals surface area contributed by atoms with Crippen molar-refractivity contribution in [1.82, 2.24) is 20.2 Å². The van der Waals surface area contributed by atoms with E-state index >= 15 is 0 Å². The van der Waals surface area contributed by atoms with E-state index in [9.17, 15) is 9.59 Å². The zero-order valence-corrected chi connectivity index (χ0v) is 13.2.